The van der Waals surface area contributed by atoms with Crippen molar-refractivity contribution in [2.24, 2.45) is 0 Å². The normalized spacial score (nSPS) is 12.3. The highest BCUT2D eigenvalue weighted by Crippen LogP contribution is 2.36. The van der Waals surface area contributed by atoms with Gasteiger partial charge in [0, 0.05) is 22.4 Å². The summed E-state index contributed by atoms with van der Waals surface area (Å²) < 4.78 is 5.14. The molecule has 0 spiro atoms. The lowest BCUT2D eigenvalue weighted by Crippen LogP contribution is -2.22. The minimum atomic E-state index is -0.230. The first-order chi connectivity index (χ1) is 12.6. The van der Waals surface area contributed by atoms with E-state index in [1.54, 1.807) is 43.5 Å². The van der Waals surface area contributed by atoms with Gasteiger partial charge in [0.2, 0.25) is 0 Å². The summed E-state index contributed by atoms with van der Waals surface area (Å²) in [5.74, 6) is 0.329. The molecule has 0 heterocycles. The number of ketones is 2. The summed E-state index contributed by atoms with van der Waals surface area (Å²) in [5.41, 5.74) is 9.30. The van der Waals surface area contributed by atoms with E-state index in [2.05, 4.69) is 5.32 Å². The number of hydrogen-bond acceptors (Lipinski definition) is 5. The van der Waals surface area contributed by atoms with Crippen molar-refractivity contribution in [3.05, 3.63) is 82.9 Å². The predicted molar refractivity (Wildman–Crippen MR) is 100 cm³/mol. The fourth-order valence-electron chi connectivity index (χ4n) is 3.15. The summed E-state index contributed by atoms with van der Waals surface area (Å²) in [7, 11) is 1.60. The van der Waals surface area contributed by atoms with Gasteiger partial charge in [0.05, 0.1) is 24.0 Å². The smallest absolute Gasteiger partial charge is 0.196 e. The van der Waals surface area contributed by atoms with E-state index in [9.17, 15) is 9.59 Å². The summed E-state index contributed by atoms with van der Waals surface area (Å²) in [6, 6.07) is 17.5. The van der Waals surface area contributed by atoms with E-state index in [1.165, 1.54) is 0 Å². The van der Waals surface area contributed by atoms with E-state index in [0.717, 1.165) is 11.4 Å². The largest absolute Gasteiger partial charge is 0.497 e. The second-order valence-corrected chi connectivity index (χ2v) is 6.01. The first kappa shape index (κ1) is 15.9. The van der Waals surface area contributed by atoms with E-state index < -0.39 is 0 Å². The molecular weight excluding hydrogens is 328 g/mol. The number of anilines is 3. The quantitative estimate of drug-likeness (QED) is 0.553. The number of methoxy groups -OCH3 is 1. The molecule has 0 saturated carbocycles. The first-order valence-corrected chi connectivity index (χ1v) is 8.12. The SMILES string of the molecule is COc1ccc(Nc2ccc3c(c2N)C(=O)c2ccccc2C3=O)cc1. The van der Waals surface area contributed by atoms with Crippen LogP contribution in [0, 0.1) is 0 Å². The molecule has 0 atom stereocenters. The van der Waals surface area contributed by atoms with Crippen LogP contribution in [0.3, 0.4) is 0 Å². The number of nitrogens with one attached hydrogen (secondary N) is 1. The van der Waals surface area contributed by atoms with Gasteiger partial charge in [-0.2, -0.15) is 0 Å². The molecule has 3 aromatic carbocycles. The number of ether oxygens (including phenoxy) is 1. The molecule has 0 amide bonds. The third-order valence-electron chi connectivity index (χ3n) is 4.50. The summed E-state index contributed by atoms with van der Waals surface area (Å²) in [6.45, 7) is 0. The maximum Gasteiger partial charge on any atom is 0.196 e. The highest BCUT2D eigenvalue weighted by molar-refractivity contribution is 6.30. The van der Waals surface area contributed by atoms with Crippen molar-refractivity contribution in [3.8, 4) is 5.75 Å². The number of fused-ring (bicyclic) bond motifs is 2. The molecule has 4 rings (SSSR count). The zero-order chi connectivity index (χ0) is 18.3. The summed E-state index contributed by atoms with van der Waals surface area (Å²) in [6.07, 6.45) is 0. The van der Waals surface area contributed by atoms with Crippen molar-refractivity contribution < 1.29 is 14.3 Å². The number of carbonyl (C=O) groups is 2. The van der Waals surface area contributed by atoms with Crippen LogP contribution in [0.5, 0.6) is 5.75 Å². The standard InChI is InChI=1S/C21H16N2O3/c1-26-13-8-6-12(7-9-13)23-17-11-10-16-18(19(17)22)21(25)15-5-3-2-4-14(15)20(16)24/h2-11,23H,22H2,1H3. The van der Waals surface area contributed by atoms with E-state index in [4.69, 9.17) is 10.5 Å². The summed E-state index contributed by atoms with van der Waals surface area (Å²) in [5, 5.41) is 3.19. The number of nitrogen functional groups attached to an aromatic ring is 1. The molecule has 128 valence electrons. The van der Waals surface area contributed by atoms with Gasteiger partial charge in [0.1, 0.15) is 5.75 Å². The third kappa shape index (κ3) is 2.41. The molecule has 1 aliphatic carbocycles. The number of nitrogens with two attached hydrogens (primary N) is 1. The van der Waals surface area contributed by atoms with Crippen LogP contribution in [0.15, 0.2) is 60.7 Å². The molecule has 0 aromatic heterocycles. The Morgan fingerprint density at radius 1 is 0.808 bits per heavy atom. The van der Waals surface area contributed by atoms with Gasteiger partial charge in [-0.25, -0.2) is 0 Å². The van der Waals surface area contributed by atoms with Crippen LogP contribution in [-0.2, 0) is 0 Å². The maximum atomic E-state index is 12.9. The molecule has 1 aliphatic rings. The molecule has 0 aliphatic heterocycles. The van der Waals surface area contributed by atoms with Gasteiger partial charge in [0.15, 0.2) is 11.6 Å². The Morgan fingerprint density at radius 2 is 1.46 bits per heavy atom. The van der Waals surface area contributed by atoms with Gasteiger partial charge in [-0.05, 0) is 36.4 Å². The summed E-state index contributed by atoms with van der Waals surface area (Å²) in [4.78, 5) is 25.6. The molecule has 0 fully saturated rings. The van der Waals surface area contributed by atoms with Crippen LogP contribution < -0.4 is 15.8 Å². The molecule has 0 bridgehead atoms. The molecule has 0 unspecified atom stereocenters. The Labute approximate surface area is 150 Å². The zero-order valence-electron chi connectivity index (χ0n) is 14.1. The molecule has 3 N–H and O–H groups in total. The summed E-state index contributed by atoms with van der Waals surface area (Å²) >= 11 is 0. The molecule has 0 radical (unpaired) electrons. The van der Waals surface area contributed by atoms with Gasteiger partial charge in [-0.3, -0.25) is 9.59 Å². The minimum absolute atomic E-state index is 0.183. The van der Waals surface area contributed by atoms with Crippen LogP contribution in [0.2, 0.25) is 0 Å². The lowest BCUT2D eigenvalue weighted by molar-refractivity contribution is 0.0980. The highest BCUT2D eigenvalue weighted by atomic mass is 16.5. The van der Waals surface area contributed by atoms with Crippen LogP contribution in [0.1, 0.15) is 31.8 Å². The van der Waals surface area contributed by atoms with E-state index in [1.807, 2.05) is 24.3 Å². The molecule has 26 heavy (non-hydrogen) atoms. The number of rotatable bonds is 3. The predicted octanol–water partition coefficient (Wildman–Crippen LogP) is 3.80. The van der Waals surface area contributed by atoms with Crippen molar-refractivity contribution in [2.45, 2.75) is 0 Å². The monoisotopic (exact) mass is 344 g/mol. The van der Waals surface area contributed by atoms with E-state index in [0.29, 0.717) is 22.4 Å². The topological polar surface area (TPSA) is 81.4 Å². The Bertz CT molecular complexity index is 1040. The van der Waals surface area contributed by atoms with Crippen molar-refractivity contribution in [1.82, 2.24) is 0 Å². The van der Waals surface area contributed by atoms with Crippen LogP contribution in [0.4, 0.5) is 17.1 Å². The van der Waals surface area contributed by atoms with E-state index in [-0.39, 0.29) is 22.8 Å². The Hall–Kier alpha value is -3.60. The van der Waals surface area contributed by atoms with Gasteiger partial charge < -0.3 is 15.8 Å². The van der Waals surface area contributed by atoms with Gasteiger partial charge >= 0.3 is 0 Å². The third-order valence-corrected chi connectivity index (χ3v) is 4.50. The second kappa shape index (κ2) is 6.04. The molecule has 0 saturated heterocycles. The van der Waals surface area contributed by atoms with E-state index >= 15 is 0 Å². The van der Waals surface area contributed by atoms with Gasteiger partial charge in [0.25, 0.3) is 0 Å². The fourth-order valence-corrected chi connectivity index (χ4v) is 3.15. The number of benzene rings is 3. The number of hydrogen-bond donors (Lipinski definition) is 2. The van der Waals surface area contributed by atoms with Crippen molar-refractivity contribution in [3.63, 3.8) is 0 Å². The second-order valence-electron chi connectivity index (χ2n) is 6.01. The van der Waals surface area contributed by atoms with Crippen molar-refractivity contribution in [2.75, 3.05) is 18.2 Å². The Kier molecular flexibility index (Phi) is 3.69. The van der Waals surface area contributed by atoms with Crippen LogP contribution in [0.25, 0.3) is 0 Å². The van der Waals surface area contributed by atoms with Crippen LogP contribution >= 0.6 is 0 Å². The van der Waals surface area contributed by atoms with Crippen LogP contribution in [-0.4, -0.2) is 18.7 Å². The fraction of sp³-hybridized carbons (Fsp3) is 0.0476. The lowest BCUT2D eigenvalue weighted by Gasteiger charge is -2.21. The molecule has 5 nitrogen and oxygen atoms in total. The zero-order valence-corrected chi connectivity index (χ0v) is 14.1. The van der Waals surface area contributed by atoms with Gasteiger partial charge in [-0.15, -0.1) is 0 Å². The first-order valence-electron chi connectivity index (χ1n) is 8.12. The maximum absolute atomic E-state index is 12.9. The minimum Gasteiger partial charge on any atom is -0.497 e. The average molecular weight is 344 g/mol. The van der Waals surface area contributed by atoms with Crippen molar-refractivity contribution >= 4 is 28.6 Å². The highest BCUT2D eigenvalue weighted by Gasteiger charge is 2.31. The molecular formula is C21H16N2O3. The average Bonchev–Trinajstić information content (AvgIpc) is 2.68. The van der Waals surface area contributed by atoms with Gasteiger partial charge in [-0.1, -0.05) is 24.3 Å². The molecule has 3 aromatic rings. The Morgan fingerprint density at radius 3 is 2.12 bits per heavy atom. The molecule has 5 heteroatoms. The van der Waals surface area contributed by atoms with Crippen molar-refractivity contribution in [1.29, 1.82) is 0 Å². The Balaban J connectivity index is 1.76. The lowest BCUT2D eigenvalue weighted by atomic mass is 9.83. The number of carbonyl (C=O) groups excluding carboxylic acids is 2.